The van der Waals surface area contributed by atoms with E-state index < -0.39 is 0 Å². The highest BCUT2D eigenvalue weighted by Crippen LogP contribution is 2.24. The number of hydrogen-bond donors (Lipinski definition) is 2. The van der Waals surface area contributed by atoms with Gasteiger partial charge in [0.25, 0.3) is 5.56 Å². The second-order valence-corrected chi connectivity index (χ2v) is 5.41. The Kier molecular flexibility index (Phi) is 3.22. The predicted molar refractivity (Wildman–Crippen MR) is 94.8 cm³/mol. The molecule has 0 unspecified atom stereocenters. The number of aromatic amines is 2. The van der Waals surface area contributed by atoms with Crippen molar-refractivity contribution in [2.45, 2.75) is 0 Å². The number of fused-ring (bicyclic) bond motifs is 3. The highest BCUT2D eigenvalue weighted by atomic mass is 16.1. The molecule has 0 bridgehead atoms. The summed E-state index contributed by atoms with van der Waals surface area (Å²) in [4.78, 5) is 22.7. The van der Waals surface area contributed by atoms with E-state index in [0.29, 0.717) is 16.8 Å². The minimum Gasteiger partial charge on any atom is -0.361 e. The summed E-state index contributed by atoms with van der Waals surface area (Å²) in [6, 6.07) is 16.7. The molecule has 2 aromatic carbocycles. The Morgan fingerprint density at radius 3 is 2.83 bits per heavy atom. The molecule has 4 rings (SSSR count). The maximum atomic E-state index is 12.3. The van der Waals surface area contributed by atoms with Crippen molar-refractivity contribution in [1.29, 1.82) is 5.26 Å². The molecule has 2 heterocycles. The van der Waals surface area contributed by atoms with Crippen LogP contribution in [0.15, 0.2) is 64.5 Å². The zero-order valence-electron chi connectivity index (χ0n) is 12.6. The molecule has 0 saturated heterocycles. The van der Waals surface area contributed by atoms with Gasteiger partial charge in [-0.1, -0.05) is 12.1 Å². The lowest BCUT2D eigenvalue weighted by atomic mass is 10.1. The third-order valence-corrected chi connectivity index (χ3v) is 3.92. The van der Waals surface area contributed by atoms with Gasteiger partial charge >= 0.3 is 0 Å². The molecule has 0 spiro atoms. The van der Waals surface area contributed by atoms with Crippen LogP contribution in [0.3, 0.4) is 0 Å². The van der Waals surface area contributed by atoms with Crippen LogP contribution in [-0.4, -0.2) is 16.2 Å². The number of pyridine rings is 1. The molecule has 0 atom stereocenters. The van der Waals surface area contributed by atoms with Crippen LogP contribution in [0, 0.1) is 11.3 Å². The van der Waals surface area contributed by atoms with E-state index in [1.807, 2.05) is 30.5 Å². The first kappa shape index (κ1) is 14.0. The lowest BCUT2D eigenvalue weighted by Gasteiger charge is -2.00. The van der Waals surface area contributed by atoms with Gasteiger partial charge in [0.05, 0.1) is 22.9 Å². The minimum atomic E-state index is -0.179. The lowest BCUT2D eigenvalue weighted by molar-refractivity contribution is 1.35. The van der Waals surface area contributed by atoms with Gasteiger partial charge in [-0.25, -0.2) is 0 Å². The fourth-order valence-electron chi connectivity index (χ4n) is 2.82. The number of aliphatic imine (C=N–C) groups is 1. The van der Waals surface area contributed by atoms with Gasteiger partial charge in [0.15, 0.2) is 0 Å². The fraction of sp³-hybridized carbons (Fsp3) is 0. The molecule has 2 aromatic heterocycles. The van der Waals surface area contributed by atoms with Crippen LogP contribution in [0.25, 0.3) is 21.8 Å². The summed E-state index contributed by atoms with van der Waals surface area (Å²) in [6.07, 6.45) is 3.41. The zero-order chi connectivity index (χ0) is 16.5. The van der Waals surface area contributed by atoms with Crippen LogP contribution in [-0.2, 0) is 0 Å². The van der Waals surface area contributed by atoms with Gasteiger partial charge in [0, 0.05) is 34.2 Å². The monoisotopic (exact) mass is 312 g/mol. The van der Waals surface area contributed by atoms with E-state index >= 15 is 0 Å². The molecule has 0 aliphatic rings. The van der Waals surface area contributed by atoms with E-state index in [1.165, 1.54) is 0 Å². The first-order valence-corrected chi connectivity index (χ1v) is 7.42. The van der Waals surface area contributed by atoms with Crippen molar-refractivity contribution >= 4 is 33.7 Å². The second-order valence-electron chi connectivity index (χ2n) is 5.41. The topological polar surface area (TPSA) is 84.8 Å². The van der Waals surface area contributed by atoms with Crippen molar-refractivity contribution in [1.82, 2.24) is 9.97 Å². The van der Waals surface area contributed by atoms with Crippen LogP contribution in [0.2, 0.25) is 0 Å². The highest BCUT2D eigenvalue weighted by Gasteiger charge is 2.11. The summed E-state index contributed by atoms with van der Waals surface area (Å²) < 4.78 is 0. The molecule has 4 aromatic rings. The summed E-state index contributed by atoms with van der Waals surface area (Å²) >= 11 is 0. The number of hydrogen-bond acceptors (Lipinski definition) is 3. The van der Waals surface area contributed by atoms with Crippen molar-refractivity contribution in [2.75, 3.05) is 0 Å². The standard InChI is InChI=1S/C19H12N4O/c20-10-12-3-1-4-13(9-12)22-11-15-18-14-5-2-8-21-16(14)6-7-17(18)23-19(15)24/h1-9,11,21H,(H,23,24). The van der Waals surface area contributed by atoms with E-state index in [-0.39, 0.29) is 5.56 Å². The third kappa shape index (κ3) is 2.27. The maximum absolute atomic E-state index is 12.3. The molecule has 0 saturated carbocycles. The van der Waals surface area contributed by atoms with Crippen molar-refractivity contribution < 1.29 is 0 Å². The normalized spacial score (nSPS) is 11.3. The molecule has 24 heavy (non-hydrogen) atoms. The number of rotatable bonds is 2. The number of nitrogens with one attached hydrogen (secondary N) is 2. The van der Waals surface area contributed by atoms with Crippen molar-refractivity contribution in [2.24, 2.45) is 4.99 Å². The van der Waals surface area contributed by atoms with E-state index in [4.69, 9.17) is 5.26 Å². The minimum absolute atomic E-state index is 0.179. The molecular weight excluding hydrogens is 300 g/mol. The van der Waals surface area contributed by atoms with E-state index in [0.717, 1.165) is 21.8 Å². The smallest absolute Gasteiger partial charge is 0.257 e. The molecule has 0 aliphatic carbocycles. The summed E-state index contributed by atoms with van der Waals surface area (Å²) in [5.41, 5.74) is 3.23. The second kappa shape index (κ2) is 5.52. The molecule has 2 N–H and O–H groups in total. The number of H-pyrrole nitrogens is 2. The molecule has 0 aliphatic heterocycles. The predicted octanol–water partition coefficient (Wildman–Crippen LogP) is 3.63. The number of aromatic nitrogens is 2. The van der Waals surface area contributed by atoms with Crippen LogP contribution in [0.5, 0.6) is 0 Å². The van der Waals surface area contributed by atoms with Gasteiger partial charge in [-0.15, -0.1) is 0 Å². The molecule has 0 radical (unpaired) electrons. The van der Waals surface area contributed by atoms with Crippen LogP contribution in [0.4, 0.5) is 5.69 Å². The highest BCUT2D eigenvalue weighted by molar-refractivity contribution is 6.13. The maximum Gasteiger partial charge on any atom is 0.257 e. The van der Waals surface area contributed by atoms with Gasteiger partial charge in [-0.05, 0) is 36.4 Å². The molecule has 5 nitrogen and oxygen atoms in total. The van der Waals surface area contributed by atoms with Gasteiger partial charge in [0.2, 0.25) is 0 Å². The quantitative estimate of drug-likeness (QED) is 0.554. The van der Waals surface area contributed by atoms with Crippen LogP contribution >= 0.6 is 0 Å². The molecule has 0 fully saturated rings. The largest absolute Gasteiger partial charge is 0.361 e. The Hall–Kier alpha value is -3.65. The number of nitriles is 1. The van der Waals surface area contributed by atoms with Crippen molar-refractivity contribution in [3.05, 3.63) is 76.2 Å². The Morgan fingerprint density at radius 1 is 1.08 bits per heavy atom. The summed E-state index contributed by atoms with van der Waals surface area (Å²) in [7, 11) is 0. The van der Waals surface area contributed by atoms with E-state index in [9.17, 15) is 4.79 Å². The lowest BCUT2D eigenvalue weighted by Crippen LogP contribution is -2.04. The van der Waals surface area contributed by atoms with E-state index in [2.05, 4.69) is 21.0 Å². The zero-order valence-corrected chi connectivity index (χ0v) is 12.6. The van der Waals surface area contributed by atoms with E-state index in [1.54, 1.807) is 30.5 Å². The average Bonchev–Trinajstić information content (AvgIpc) is 2.96. The Morgan fingerprint density at radius 2 is 1.96 bits per heavy atom. The van der Waals surface area contributed by atoms with Gasteiger partial charge < -0.3 is 9.97 Å². The molecule has 114 valence electrons. The first-order chi connectivity index (χ1) is 11.8. The SMILES string of the molecule is N#Cc1cccc(N=Cc2c(=O)[nH]c3ccc4[nH]cccc4c23)c1. The Labute approximate surface area is 136 Å². The summed E-state index contributed by atoms with van der Waals surface area (Å²) in [6.45, 7) is 0. The van der Waals surface area contributed by atoms with Crippen molar-refractivity contribution in [3.8, 4) is 6.07 Å². The summed E-state index contributed by atoms with van der Waals surface area (Å²) in [5.74, 6) is 0. The molecule has 0 amide bonds. The first-order valence-electron chi connectivity index (χ1n) is 7.42. The Balaban J connectivity index is 1.91. The Bertz CT molecular complexity index is 1190. The number of benzene rings is 2. The van der Waals surface area contributed by atoms with Gasteiger partial charge in [-0.3, -0.25) is 9.79 Å². The third-order valence-electron chi connectivity index (χ3n) is 3.92. The fourth-order valence-corrected chi connectivity index (χ4v) is 2.82. The summed E-state index contributed by atoms with van der Waals surface area (Å²) in [5, 5.41) is 10.8. The van der Waals surface area contributed by atoms with Crippen LogP contribution < -0.4 is 5.56 Å². The van der Waals surface area contributed by atoms with Gasteiger partial charge in [0.1, 0.15) is 0 Å². The van der Waals surface area contributed by atoms with Gasteiger partial charge in [-0.2, -0.15) is 5.26 Å². The number of nitrogens with zero attached hydrogens (tertiary/aromatic N) is 2. The van der Waals surface area contributed by atoms with Crippen molar-refractivity contribution in [3.63, 3.8) is 0 Å². The van der Waals surface area contributed by atoms with Crippen LogP contribution in [0.1, 0.15) is 11.1 Å². The molecular formula is C19H12N4O. The average molecular weight is 312 g/mol. The molecule has 5 heteroatoms.